The van der Waals surface area contributed by atoms with Gasteiger partial charge < -0.3 is 9.15 Å². The van der Waals surface area contributed by atoms with Gasteiger partial charge in [0.1, 0.15) is 11.9 Å². The minimum absolute atomic E-state index is 0.00462. The van der Waals surface area contributed by atoms with Crippen molar-refractivity contribution in [2.75, 3.05) is 13.1 Å². The number of rotatable bonds is 5. The molecule has 4 nitrogen and oxygen atoms in total. The summed E-state index contributed by atoms with van der Waals surface area (Å²) in [6.07, 6.45) is 4.49. The molecule has 0 bridgehead atoms. The molecule has 2 aromatic heterocycles. The zero-order valence-electron chi connectivity index (χ0n) is 13.0. The van der Waals surface area contributed by atoms with Crippen LogP contribution in [0.15, 0.2) is 39.6 Å². The number of likely N-dealkylation sites (tertiary alicyclic amines) is 1. The van der Waals surface area contributed by atoms with Crippen molar-refractivity contribution in [3.8, 4) is 0 Å². The molecule has 0 spiro atoms. The second-order valence-electron chi connectivity index (χ2n) is 6.51. The number of furan rings is 1. The molecule has 2 fully saturated rings. The first-order chi connectivity index (χ1) is 11.3. The summed E-state index contributed by atoms with van der Waals surface area (Å²) >= 11 is 1.74. The SMILES string of the molecule is O=C(OC1CCN(Cc2ccsc2)CC1)[C@@H]1C[C@@H]1c1ccco1. The molecule has 2 atom stereocenters. The summed E-state index contributed by atoms with van der Waals surface area (Å²) in [4.78, 5) is 14.7. The van der Waals surface area contributed by atoms with Gasteiger partial charge in [-0.25, -0.2) is 0 Å². The Kier molecular flexibility index (Phi) is 4.23. The van der Waals surface area contributed by atoms with Crippen LogP contribution in [0.25, 0.3) is 0 Å². The van der Waals surface area contributed by atoms with Crippen LogP contribution in [-0.2, 0) is 16.1 Å². The van der Waals surface area contributed by atoms with E-state index in [1.165, 1.54) is 5.56 Å². The first-order valence-corrected chi connectivity index (χ1v) is 9.21. The Morgan fingerprint density at radius 2 is 2.22 bits per heavy atom. The quantitative estimate of drug-likeness (QED) is 0.784. The van der Waals surface area contributed by atoms with E-state index in [1.54, 1.807) is 17.6 Å². The largest absolute Gasteiger partial charge is 0.469 e. The molecule has 5 heteroatoms. The molecule has 122 valence electrons. The summed E-state index contributed by atoms with van der Waals surface area (Å²) in [5.41, 5.74) is 1.38. The number of hydrogen-bond acceptors (Lipinski definition) is 5. The summed E-state index contributed by atoms with van der Waals surface area (Å²) in [6, 6.07) is 6.00. The van der Waals surface area contributed by atoms with Gasteiger partial charge in [-0.05, 0) is 53.8 Å². The monoisotopic (exact) mass is 331 g/mol. The second kappa shape index (κ2) is 6.49. The molecule has 0 radical (unpaired) electrons. The lowest BCUT2D eigenvalue weighted by molar-refractivity contribution is -0.153. The number of piperidine rings is 1. The molecule has 0 unspecified atom stereocenters. The van der Waals surface area contributed by atoms with Gasteiger partial charge in [-0.2, -0.15) is 11.3 Å². The zero-order valence-corrected chi connectivity index (χ0v) is 13.8. The van der Waals surface area contributed by atoms with Gasteiger partial charge in [0, 0.05) is 25.6 Å². The molecule has 1 aliphatic carbocycles. The molecule has 23 heavy (non-hydrogen) atoms. The smallest absolute Gasteiger partial charge is 0.309 e. The van der Waals surface area contributed by atoms with Crippen LogP contribution < -0.4 is 0 Å². The Morgan fingerprint density at radius 1 is 1.35 bits per heavy atom. The predicted molar refractivity (Wildman–Crippen MR) is 88.3 cm³/mol. The maximum absolute atomic E-state index is 12.2. The van der Waals surface area contributed by atoms with Gasteiger partial charge in [-0.3, -0.25) is 9.69 Å². The average Bonchev–Trinajstić information content (AvgIpc) is 2.97. The van der Waals surface area contributed by atoms with E-state index in [-0.39, 0.29) is 23.9 Å². The number of thiophene rings is 1. The first-order valence-electron chi connectivity index (χ1n) is 8.27. The number of ether oxygens (including phenoxy) is 1. The maximum Gasteiger partial charge on any atom is 0.309 e. The standard InChI is InChI=1S/C18H21NO3S/c20-18(16-10-15(16)17-2-1-8-21-17)22-14-3-6-19(7-4-14)11-13-5-9-23-12-13/h1-2,5,8-9,12,14-16H,3-4,6-7,10-11H2/t15-,16+/m0/s1. The maximum atomic E-state index is 12.2. The highest BCUT2D eigenvalue weighted by molar-refractivity contribution is 7.07. The van der Waals surface area contributed by atoms with Gasteiger partial charge in [0.05, 0.1) is 12.2 Å². The van der Waals surface area contributed by atoms with Crippen LogP contribution in [0.1, 0.15) is 36.5 Å². The van der Waals surface area contributed by atoms with Crippen molar-refractivity contribution < 1.29 is 13.9 Å². The topological polar surface area (TPSA) is 42.7 Å². The summed E-state index contributed by atoms with van der Waals surface area (Å²) in [5, 5.41) is 4.32. The predicted octanol–water partition coefficient (Wildman–Crippen LogP) is 3.65. The van der Waals surface area contributed by atoms with Gasteiger partial charge in [0.2, 0.25) is 0 Å². The lowest BCUT2D eigenvalue weighted by atomic mass is 10.1. The van der Waals surface area contributed by atoms with Crippen LogP contribution in [0.2, 0.25) is 0 Å². The van der Waals surface area contributed by atoms with Crippen molar-refractivity contribution >= 4 is 17.3 Å². The van der Waals surface area contributed by atoms with Crippen molar-refractivity contribution in [2.45, 2.75) is 37.8 Å². The third kappa shape index (κ3) is 3.51. The number of carbonyl (C=O) groups excluding carboxylic acids is 1. The van der Waals surface area contributed by atoms with Crippen molar-refractivity contribution in [3.63, 3.8) is 0 Å². The van der Waals surface area contributed by atoms with Gasteiger partial charge in [-0.15, -0.1) is 0 Å². The lowest BCUT2D eigenvalue weighted by Crippen LogP contribution is -2.37. The molecule has 0 N–H and O–H groups in total. The zero-order chi connectivity index (χ0) is 15.6. The van der Waals surface area contributed by atoms with E-state index < -0.39 is 0 Å². The van der Waals surface area contributed by atoms with Crippen LogP contribution in [0.3, 0.4) is 0 Å². The molecule has 0 amide bonds. The van der Waals surface area contributed by atoms with Crippen LogP contribution in [-0.4, -0.2) is 30.1 Å². The summed E-state index contributed by atoms with van der Waals surface area (Å²) in [7, 11) is 0. The van der Waals surface area contributed by atoms with Crippen molar-refractivity contribution in [1.29, 1.82) is 0 Å². The minimum atomic E-state index is -0.0392. The van der Waals surface area contributed by atoms with Gasteiger partial charge in [-0.1, -0.05) is 0 Å². The second-order valence-corrected chi connectivity index (χ2v) is 7.29. The number of hydrogen-bond donors (Lipinski definition) is 0. The molecule has 2 aliphatic rings. The van der Waals surface area contributed by atoms with E-state index in [4.69, 9.17) is 9.15 Å². The number of esters is 1. The Balaban J connectivity index is 1.22. The van der Waals surface area contributed by atoms with Crippen LogP contribution in [0.4, 0.5) is 0 Å². The van der Waals surface area contributed by atoms with E-state index in [1.807, 2.05) is 12.1 Å². The van der Waals surface area contributed by atoms with E-state index in [0.29, 0.717) is 0 Å². The third-order valence-corrected chi connectivity index (χ3v) is 5.54. The van der Waals surface area contributed by atoms with E-state index >= 15 is 0 Å². The van der Waals surface area contributed by atoms with Gasteiger partial charge in [0.15, 0.2) is 0 Å². The van der Waals surface area contributed by atoms with E-state index in [0.717, 1.165) is 44.7 Å². The molecule has 0 aromatic carbocycles. The molecular weight excluding hydrogens is 310 g/mol. The molecular formula is C18H21NO3S. The van der Waals surface area contributed by atoms with E-state index in [2.05, 4.69) is 21.7 Å². The van der Waals surface area contributed by atoms with E-state index in [9.17, 15) is 4.79 Å². The molecule has 4 rings (SSSR count). The fourth-order valence-corrected chi connectivity index (χ4v) is 4.01. The van der Waals surface area contributed by atoms with Crippen LogP contribution in [0, 0.1) is 5.92 Å². The summed E-state index contributed by atoms with van der Waals surface area (Å²) < 4.78 is 11.1. The first kappa shape index (κ1) is 15.0. The fourth-order valence-electron chi connectivity index (χ4n) is 3.35. The minimum Gasteiger partial charge on any atom is -0.469 e. The van der Waals surface area contributed by atoms with Gasteiger partial charge in [0.25, 0.3) is 0 Å². The summed E-state index contributed by atoms with van der Waals surface area (Å²) in [5.74, 6) is 1.11. The molecule has 3 heterocycles. The fraction of sp³-hybridized carbons (Fsp3) is 0.500. The highest BCUT2D eigenvalue weighted by atomic mass is 32.1. The normalized spacial score (nSPS) is 25.4. The molecule has 2 aromatic rings. The van der Waals surface area contributed by atoms with Crippen LogP contribution in [0.5, 0.6) is 0 Å². The third-order valence-electron chi connectivity index (χ3n) is 4.81. The Labute approximate surface area is 140 Å². The lowest BCUT2D eigenvalue weighted by Gasteiger charge is -2.31. The number of carbonyl (C=O) groups is 1. The molecule has 1 aliphatic heterocycles. The molecule has 1 saturated carbocycles. The average molecular weight is 331 g/mol. The number of nitrogens with zero attached hydrogens (tertiary/aromatic N) is 1. The Bertz CT molecular complexity index is 629. The van der Waals surface area contributed by atoms with Gasteiger partial charge >= 0.3 is 5.97 Å². The highest BCUT2D eigenvalue weighted by Crippen LogP contribution is 2.48. The van der Waals surface area contributed by atoms with Crippen molar-refractivity contribution in [1.82, 2.24) is 4.90 Å². The summed E-state index contributed by atoms with van der Waals surface area (Å²) in [6.45, 7) is 3.01. The van der Waals surface area contributed by atoms with Crippen molar-refractivity contribution in [2.24, 2.45) is 5.92 Å². The van der Waals surface area contributed by atoms with Crippen LogP contribution >= 0.6 is 11.3 Å². The Hall–Kier alpha value is -1.59. The molecule has 1 saturated heterocycles. The Morgan fingerprint density at radius 3 is 2.91 bits per heavy atom. The van der Waals surface area contributed by atoms with Crippen molar-refractivity contribution in [3.05, 3.63) is 46.5 Å². The highest BCUT2D eigenvalue weighted by Gasteiger charge is 2.47.